The molecule has 1 heterocycles. The Morgan fingerprint density at radius 3 is 2.62 bits per heavy atom. The predicted octanol–water partition coefficient (Wildman–Crippen LogP) is 4.95. The number of ether oxygens (including phenoxy) is 4. The summed E-state index contributed by atoms with van der Waals surface area (Å²) in [4.78, 5) is 0. The normalized spacial score (nSPS) is 12.1. The van der Waals surface area contributed by atoms with Crippen molar-refractivity contribution < 1.29 is 18.9 Å². The average molecular weight is 412 g/mol. The van der Waals surface area contributed by atoms with Gasteiger partial charge < -0.3 is 24.3 Å². The van der Waals surface area contributed by atoms with Gasteiger partial charge in [0.2, 0.25) is 6.79 Å². The van der Waals surface area contributed by atoms with E-state index in [9.17, 15) is 0 Å². The van der Waals surface area contributed by atoms with E-state index in [1.54, 1.807) is 7.11 Å². The fraction of sp³-hybridized carbons (Fsp3) is 0.217. The summed E-state index contributed by atoms with van der Waals surface area (Å²) in [5.74, 6) is 2.98. The van der Waals surface area contributed by atoms with Gasteiger partial charge in [-0.3, -0.25) is 0 Å². The van der Waals surface area contributed by atoms with Crippen molar-refractivity contribution in [3.05, 3.63) is 82.4 Å². The first kappa shape index (κ1) is 19.4. The second-order valence-electron chi connectivity index (χ2n) is 6.62. The third kappa shape index (κ3) is 4.58. The molecule has 0 unspecified atom stereocenters. The fourth-order valence-corrected chi connectivity index (χ4v) is 3.37. The number of fused-ring (bicyclic) bond motifs is 1. The van der Waals surface area contributed by atoms with Crippen LogP contribution in [0.3, 0.4) is 0 Å². The summed E-state index contributed by atoms with van der Waals surface area (Å²) < 4.78 is 22.4. The monoisotopic (exact) mass is 411 g/mol. The van der Waals surface area contributed by atoms with E-state index in [2.05, 4.69) is 5.32 Å². The number of hydrogen-bond donors (Lipinski definition) is 1. The van der Waals surface area contributed by atoms with Crippen LogP contribution in [-0.2, 0) is 19.7 Å². The van der Waals surface area contributed by atoms with Gasteiger partial charge in [-0.25, -0.2) is 0 Å². The van der Waals surface area contributed by atoms with Crippen molar-refractivity contribution in [1.82, 2.24) is 5.32 Å². The summed E-state index contributed by atoms with van der Waals surface area (Å²) in [6.45, 7) is 1.97. The van der Waals surface area contributed by atoms with Crippen LogP contribution in [0.5, 0.6) is 23.0 Å². The van der Waals surface area contributed by atoms with Crippen LogP contribution in [0.2, 0.25) is 5.02 Å². The smallest absolute Gasteiger partial charge is 0.231 e. The molecule has 3 aromatic rings. The van der Waals surface area contributed by atoms with E-state index in [0.29, 0.717) is 36.2 Å². The summed E-state index contributed by atoms with van der Waals surface area (Å²) in [5, 5.41) is 4.14. The highest BCUT2D eigenvalue weighted by Gasteiger charge is 2.14. The molecule has 3 aromatic carbocycles. The lowest BCUT2D eigenvalue weighted by Crippen LogP contribution is -2.14. The van der Waals surface area contributed by atoms with Crippen molar-refractivity contribution in [3.8, 4) is 23.0 Å². The van der Waals surface area contributed by atoms with E-state index in [-0.39, 0.29) is 6.79 Å². The Bertz CT molecular complexity index is 992. The highest BCUT2D eigenvalue weighted by Crippen LogP contribution is 2.34. The number of methoxy groups -OCH3 is 1. The number of para-hydroxylation sites is 1. The minimum absolute atomic E-state index is 0.280. The van der Waals surface area contributed by atoms with Crippen LogP contribution >= 0.6 is 11.6 Å². The maximum absolute atomic E-state index is 6.25. The SMILES string of the molecule is COc1cccc(CNCc2ccc3c(c2)OCO3)c1OCc1ccccc1Cl. The molecule has 0 saturated carbocycles. The predicted molar refractivity (Wildman–Crippen MR) is 112 cm³/mol. The van der Waals surface area contributed by atoms with Gasteiger partial charge in [0.25, 0.3) is 0 Å². The van der Waals surface area contributed by atoms with E-state index < -0.39 is 0 Å². The maximum atomic E-state index is 6.25. The van der Waals surface area contributed by atoms with Crippen molar-refractivity contribution in [1.29, 1.82) is 0 Å². The molecule has 4 rings (SSSR count). The molecule has 5 nitrogen and oxygen atoms in total. The zero-order chi connectivity index (χ0) is 20.1. The zero-order valence-corrected chi connectivity index (χ0v) is 16.9. The molecular formula is C23H22ClNO4. The maximum Gasteiger partial charge on any atom is 0.231 e. The first-order valence-electron chi connectivity index (χ1n) is 9.36. The Hall–Kier alpha value is -2.89. The molecule has 0 radical (unpaired) electrons. The Labute approximate surface area is 175 Å². The lowest BCUT2D eigenvalue weighted by molar-refractivity contribution is 0.174. The molecule has 150 valence electrons. The van der Waals surface area contributed by atoms with E-state index in [1.165, 1.54) is 0 Å². The second kappa shape index (κ2) is 9.07. The third-order valence-corrected chi connectivity index (χ3v) is 5.06. The van der Waals surface area contributed by atoms with Crippen molar-refractivity contribution in [2.24, 2.45) is 0 Å². The summed E-state index contributed by atoms with van der Waals surface area (Å²) in [6, 6.07) is 19.5. The molecule has 0 saturated heterocycles. The largest absolute Gasteiger partial charge is 0.493 e. The summed E-state index contributed by atoms with van der Waals surface area (Å²) in [7, 11) is 1.64. The van der Waals surface area contributed by atoms with Crippen molar-refractivity contribution in [2.75, 3.05) is 13.9 Å². The van der Waals surface area contributed by atoms with E-state index in [4.69, 9.17) is 30.5 Å². The first-order chi connectivity index (χ1) is 14.2. The van der Waals surface area contributed by atoms with Gasteiger partial charge in [0.15, 0.2) is 23.0 Å². The van der Waals surface area contributed by atoms with Crippen molar-refractivity contribution >= 4 is 11.6 Å². The molecule has 6 heteroatoms. The minimum atomic E-state index is 0.280. The highest BCUT2D eigenvalue weighted by molar-refractivity contribution is 6.31. The molecule has 0 atom stereocenters. The van der Waals surface area contributed by atoms with Gasteiger partial charge in [0.1, 0.15) is 6.61 Å². The molecule has 0 bridgehead atoms. The number of benzene rings is 3. The van der Waals surface area contributed by atoms with Crippen LogP contribution in [0.4, 0.5) is 0 Å². The van der Waals surface area contributed by atoms with Gasteiger partial charge in [0, 0.05) is 29.2 Å². The lowest BCUT2D eigenvalue weighted by atomic mass is 10.1. The van der Waals surface area contributed by atoms with Crippen LogP contribution in [-0.4, -0.2) is 13.9 Å². The van der Waals surface area contributed by atoms with Gasteiger partial charge >= 0.3 is 0 Å². The number of rotatable bonds is 8. The van der Waals surface area contributed by atoms with E-state index in [0.717, 1.165) is 28.2 Å². The highest BCUT2D eigenvalue weighted by atomic mass is 35.5. The Morgan fingerprint density at radius 1 is 0.931 bits per heavy atom. The molecule has 1 N–H and O–H groups in total. The zero-order valence-electron chi connectivity index (χ0n) is 16.1. The Kier molecular flexibility index (Phi) is 6.08. The first-order valence-corrected chi connectivity index (χ1v) is 9.73. The van der Waals surface area contributed by atoms with Crippen LogP contribution in [0, 0.1) is 0 Å². The van der Waals surface area contributed by atoms with Crippen LogP contribution in [0.25, 0.3) is 0 Å². The molecule has 1 aliphatic heterocycles. The Balaban J connectivity index is 1.43. The molecule has 1 aliphatic rings. The van der Waals surface area contributed by atoms with Crippen LogP contribution in [0.15, 0.2) is 60.7 Å². The van der Waals surface area contributed by atoms with Gasteiger partial charge in [-0.05, 0) is 29.8 Å². The molecular weight excluding hydrogens is 390 g/mol. The van der Waals surface area contributed by atoms with Crippen LogP contribution < -0.4 is 24.3 Å². The quantitative estimate of drug-likeness (QED) is 0.568. The molecule has 0 aliphatic carbocycles. The van der Waals surface area contributed by atoms with E-state index >= 15 is 0 Å². The molecule has 29 heavy (non-hydrogen) atoms. The van der Waals surface area contributed by atoms with Gasteiger partial charge in [-0.15, -0.1) is 0 Å². The summed E-state index contributed by atoms with van der Waals surface area (Å²) >= 11 is 6.25. The van der Waals surface area contributed by atoms with Crippen molar-refractivity contribution in [2.45, 2.75) is 19.7 Å². The van der Waals surface area contributed by atoms with E-state index in [1.807, 2.05) is 60.7 Å². The summed E-state index contributed by atoms with van der Waals surface area (Å²) in [5.41, 5.74) is 3.06. The Morgan fingerprint density at radius 2 is 1.76 bits per heavy atom. The third-order valence-electron chi connectivity index (χ3n) is 4.69. The standard InChI is InChI=1S/C23H22ClNO4/c1-26-21-8-4-6-17(23(21)27-14-18-5-2-3-7-19(18)24)13-25-12-16-9-10-20-22(11-16)29-15-28-20/h2-11,25H,12-15H2,1H3. The van der Waals surface area contributed by atoms with Gasteiger partial charge in [0.05, 0.1) is 7.11 Å². The average Bonchev–Trinajstić information content (AvgIpc) is 3.21. The second-order valence-corrected chi connectivity index (χ2v) is 7.03. The van der Waals surface area contributed by atoms with Gasteiger partial charge in [-0.1, -0.05) is 48.0 Å². The lowest BCUT2D eigenvalue weighted by Gasteiger charge is -2.16. The number of halogens is 1. The van der Waals surface area contributed by atoms with Crippen LogP contribution in [0.1, 0.15) is 16.7 Å². The minimum Gasteiger partial charge on any atom is -0.493 e. The molecule has 0 spiro atoms. The number of nitrogens with one attached hydrogen (secondary N) is 1. The van der Waals surface area contributed by atoms with Crippen molar-refractivity contribution in [3.63, 3.8) is 0 Å². The molecule has 0 amide bonds. The number of hydrogen-bond acceptors (Lipinski definition) is 5. The molecule has 0 aromatic heterocycles. The fourth-order valence-electron chi connectivity index (χ4n) is 3.18. The summed E-state index contributed by atoms with van der Waals surface area (Å²) in [6.07, 6.45) is 0. The molecule has 0 fully saturated rings. The topological polar surface area (TPSA) is 49.0 Å². The van der Waals surface area contributed by atoms with Gasteiger partial charge in [-0.2, -0.15) is 0 Å².